The van der Waals surface area contributed by atoms with Crippen molar-refractivity contribution >= 4 is 27.5 Å². The molecule has 142 valence electrons. The van der Waals surface area contributed by atoms with E-state index < -0.39 is 5.54 Å². The van der Waals surface area contributed by atoms with Crippen LogP contribution in [0.25, 0.3) is 5.57 Å². The second-order valence-corrected chi connectivity index (χ2v) is 8.88. The zero-order chi connectivity index (χ0) is 19.5. The normalized spacial score (nSPS) is 22.8. The van der Waals surface area contributed by atoms with Crippen molar-refractivity contribution in [3.05, 3.63) is 53.1 Å². The van der Waals surface area contributed by atoms with Crippen LogP contribution in [0.4, 0.5) is 0 Å². The van der Waals surface area contributed by atoms with Gasteiger partial charge < -0.3 is 10.6 Å². The zero-order valence-electron chi connectivity index (χ0n) is 17.0. The van der Waals surface area contributed by atoms with Crippen LogP contribution in [0.1, 0.15) is 52.7 Å². The molecule has 0 saturated carbocycles. The quantitative estimate of drug-likeness (QED) is 0.400. The molecule has 0 aliphatic heterocycles. The molecule has 1 aliphatic carbocycles. The molecule has 0 aromatic heterocycles. The molecule has 0 bridgehead atoms. The molecule has 2 rings (SSSR count). The molecule has 26 heavy (non-hydrogen) atoms. The summed E-state index contributed by atoms with van der Waals surface area (Å²) in [6.45, 7) is 15.0. The van der Waals surface area contributed by atoms with Crippen LogP contribution in [0.5, 0.6) is 0 Å². The van der Waals surface area contributed by atoms with Gasteiger partial charge in [-0.2, -0.15) is 0 Å². The van der Waals surface area contributed by atoms with E-state index in [2.05, 4.69) is 111 Å². The number of alkyl halides is 1. The van der Waals surface area contributed by atoms with Gasteiger partial charge in [-0.3, -0.25) is 0 Å². The minimum Gasteiger partial charge on any atom is -0.354 e. The number of rotatable bonds is 4. The molecule has 2 unspecified atom stereocenters. The van der Waals surface area contributed by atoms with Gasteiger partial charge in [0.05, 0.1) is 4.83 Å². The van der Waals surface area contributed by atoms with E-state index in [4.69, 9.17) is 4.99 Å². The van der Waals surface area contributed by atoms with Crippen LogP contribution >= 0.6 is 15.9 Å². The number of benzene rings is 1. The molecule has 1 aliphatic rings. The van der Waals surface area contributed by atoms with E-state index in [0.29, 0.717) is 12.1 Å². The molecule has 2 atom stereocenters. The summed E-state index contributed by atoms with van der Waals surface area (Å²) in [4.78, 5) is 5.32. The average molecular weight is 418 g/mol. The molecule has 0 amide bonds. The molecule has 3 nitrogen and oxygen atoms in total. The Kier molecular flexibility index (Phi) is 6.73. The molecule has 0 radical (unpaired) electrons. The van der Waals surface area contributed by atoms with E-state index in [-0.39, 0.29) is 4.83 Å². The molecular formula is C22H32BrN3. The Morgan fingerprint density at radius 1 is 1.04 bits per heavy atom. The van der Waals surface area contributed by atoms with Gasteiger partial charge in [-0.25, -0.2) is 4.99 Å². The third-order valence-electron chi connectivity index (χ3n) is 4.49. The van der Waals surface area contributed by atoms with Gasteiger partial charge in [-0.05, 0) is 65.2 Å². The Hall–Kier alpha value is -1.55. The highest BCUT2D eigenvalue weighted by molar-refractivity contribution is 9.09. The van der Waals surface area contributed by atoms with Crippen LogP contribution in [0.3, 0.4) is 0 Å². The van der Waals surface area contributed by atoms with E-state index in [0.717, 1.165) is 5.96 Å². The summed E-state index contributed by atoms with van der Waals surface area (Å²) < 4.78 is 0. The minimum absolute atomic E-state index is 0.118. The van der Waals surface area contributed by atoms with Crippen LogP contribution in [0.15, 0.2) is 47.0 Å². The molecular weight excluding hydrogens is 386 g/mol. The van der Waals surface area contributed by atoms with E-state index in [1.54, 1.807) is 0 Å². The first-order valence-corrected chi connectivity index (χ1v) is 10.3. The van der Waals surface area contributed by atoms with Crippen LogP contribution in [0.2, 0.25) is 0 Å². The van der Waals surface area contributed by atoms with Gasteiger partial charge in [-0.1, -0.05) is 57.9 Å². The lowest BCUT2D eigenvalue weighted by atomic mass is 9.78. The average Bonchev–Trinajstić information content (AvgIpc) is 2.52. The molecule has 0 fully saturated rings. The summed E-state index contributed by atoms with van der Waals surface area (Å²) in [5.41, 5.74) is 4.59. The van der Waals surface area contributed by atoms with Crippen molar-refractivity contribution in [2.24, 2.45) is 4.99 Å². The largest absolute Gasteiger partial charge is 0.354 e. The summed E-state index contributed by atoms with van der Waals surface area (Å²) in [5.74, 6) is 0.842. The lowest BCUT2D eigenvalue weighted by molar-refractivity contribution is 0.592. The lowest BCUT2D eigenvalue weighted by Gasteiger charge is -2.37. The fourth-order valence-electron chi connectivity index (χ4n) is 3.28. The maximum Gasteiger partial charge on any atom is 0.192 e. The third kappa shape index (κ3) is 4.79. The first kappa shape index (κ1) is 20.8. The molecule has 1 aromatic carbocycles. The number of nitrogens with zero attached hydrogens (tertiary/aromatic N) is 1. The highest BCUT2D eigenvalue weighted by Crippen LogP contribution is 2.42. The van der Waals surface area contributed by atoms with Crippen molar-refractivity contribution in [3.8, 4) is 0 Å². The summed E-state index contributed by atoms with van der Waals surface area (Å²) >= 11 is 3.87. The highest BCUT2D eigenvalue weighted by atomic mass is 79.9. The highest BCUT2D eigenvalue weighted by Gasteiger charge is 2.39. The fourth-order valence-corrected chi connectivity index (χ4v) is 3.76. The summed E-state index contributed by atoms with van der Waals surface area (Å²) in [6, 6.07) is 9.36. The Bertz CT molecular complexity index is 701. The molecule has 0 spiro atoms. The van der Waals surface area contributed by atoms with Crippen LogP contribution < -0.4 is 10.6 Å². The Labute approximate surface area is 167 Å². The van der Waals surface area contributed by atoms with Crippen molar-refractivity contribution in [2.75, 3.05) is 0 Å². The molecule has 2 N–H and O–H groups in total. The first-order valence-electron chi connectivity index (χ1n) is 9.37. The van der Waals surface area contributed by atoms with E-state index in [9.17, 15) is 0 Å². The Balaban J connectivity index is 2.57. The topological polar surface area (TPSA) is 36.4 Å². The monoisotopic (exact) mass is 417 g/mol. The molecule has 0 saturated heterocycles. The second kappa shape index (κ2) is 8.43. The van der Waals surface area contributed by atoms with Crippen molar-refractivity contribution < 1.29 is 0 Å². The third-order valence-corrected chi connectivity index (χ3v) is 5.68. The molecule has 1 aromatic rings. The van der Waals surface area contributed by atoms with Gasteiger partial charge in [-0.15, -0.1) is 0 Å². The fraction of sp³-hybridized carbons (Fsp3) is 0.500. The number of nitrogens with one attached hydrogen (secondary N) is 2. The summed E-state index contributed by atoms with van der Waals surface area (Å²) in [5, 5.41) is 6.94. The maximum atomic E-state index is 5.20. The van der Waals surface area contributed by atoms with Gasteiger partial charge in [0.2, 0.25) is 0 Å². The summed E-state index contributed by atoms with van der Waals surface area (Å²) in [7, 11) is 0. The Morgan fingerprint density at radius 3 is 2.08 bits per heavy atom. The van der Waals surface area contributed by atoms with Gasteiger partial charge in [0.1, 0.15) is 5.54 Å². The maximum absolute atomic E-state index is 5.20. The molecule has 0 heterocycles. The van der Waals surface area contributed by atoms with E-state index >= 15 is 0 Å². The predicted molar refractivity (Wildman–Crippen MR) is 118 cm³/mol. The first-order chi connectivity index (χ1) is 12.1. The number of halogens is 1. The van der Waals surface area contributed by atoms with E-state index in [1.807, 2.05) is 0 Å². The number of allylic oxidation sites excluding steroid dienone is 2. The predicted octanol–water partition coefficient (Wildman–Crippen LogP) is 5.21. The lowest BCUT2D eigenvalue weighted by Crippen LogP contribution is -2.48. The van der Waals surface area contributed by atoms with Gasteiger partial charge in [0, 0.05) is 12.1 Å². The Morgan fingerprint density at radius 2 is 1.58 bits per heavy atom. The number of aliphatic imine (C=N–C) groups is 1. The van der Waals surface area contributed by atoms with Gasteiger partial charge >= 0.3 is 0 Å². The second-order valence-electron chi connectivity index (χ2n) is 7.89. The smallest absolute Gasteiger partial charge is 0.192 e. The molecule has 4 heteroatoms. The zero-order valence-corrected chi connectivity index (χ0v) is 18.6. The van der Waals surface area contributed by atoms with Crippen LogP contribution in [0, 0.1) is 6.92 Å². The minimum atomic E-state index is -0.410. The summed E-state index contributed by atoms with van der Waals surface area (Å²) in [6.07, 6.45) is 4.39. The SMILES string of the molecule is CC1=C(c2ccc(C)cc2)C(C)(N=C(NC(C)C)NC(C)C)C(Br)C=C1. The van der Waals surface area contributed by atoms with Gasteiger partial charge in [0.25, 0.3) is 0 Å². The standard InChI is InChI=1S/C22H32BrN3/c1-14(2)24-21(25-15(3)4)26-22(7)19(23)13-10-17(6)20(22)18-11-8-16(5)9-12-18/h8-15,19H,1-7H3,(H2,24,25,26). The van der Waals surface area contributed by atoms with Crippen molar-refractivity contribution in [1.82, 2.24) is 10.6 Å². The van der Waals surface area contributed by atoms with E-state index in [1.165, 1.54) is 22.3 Å². The number of hydrogen-bond acceptors (Lipinski definition) is 1. The van der Waals surface area contributed by atoms with Crippen molar-refractivity contribution in [3.63, 3.8) is 0 Å². The van der Waals surface area contributed by atoms with Gasteiger partial charge in [0.15, 0.2) is 5.96 Å². The number of aryl methyl sites for hydroxylation is 1. The van der Waals surface area contributed by atoms with Crippen molar-refractivity contribution in [1.29, 1.82) is 0 Å². The van der Waals surface area contributed by atoms with Crippen LogP contribution in [-0.2, 0) is 0 Å². The van der Waals surface area contributed by atoms with Crippen LogP contribution in [-0.4, -0.2) is 28.4 Å². The number of hydrogen-bond donors (Lipinski definition) is 2. The van der Waals surface area contributed by atoms with Crippen molar-refractivity contribution in [2.45, 2.75) is 70.9 Å². The number of guanidine groups is 1.